The van der Waals surface area contributed by atoms with Gasteiger partial charge in [-0.2, -0.15) is 0 Å². The lowest BCUT2D eigenvalue weighted by molar-refractivity contribution is 0.144. The first kappa shape index (κ1) is 13.1. The van der Waals surface area contributed by atoms with Gasteiger partial charge in [0.1, 0.15) is 0 Å². The van der Waals surface area contributed by atoms with Crippen molar-refractivity contribution in [3.05, 3.63) is 11.9 Å². The van der Waals surface area contributed by atoms with Crippen LogP contribution < -0.4 is 5.32 Å². The van der Waals surface area contributed by atoms with E-state index in [0.29, 0.717) is 19.7 Å². The number of nitrogens with zero attached hydrogens (tertiary/aromatic N) is 3. The van der Waals surface area contributed by atoms with E-state index in [0.717, 1.165) is 18.7 Å². The van der Waals surface area contributed by atoms with Gasteiger partial charge in [-0.25, -0.2) is 4.68 Å². The number of hydrogen-bond acceptors (Lipinski definition) is 5. The van der Waals surface area contributed by atoms with E-state index in [1.807, 2.05) is 13.1 Å². The van der Waals surface area contributed by atoms with E-state index < -0.39 is 0 Å². The Hall–Kier alpha value is -0.980. The van der Waals surface area contributed by atoms with Crippen molar-refractivity contribution >= 4 is 0 Å². The molecular formula is C10H20N4O2. The van der Waals surface area contributed by atoms with Crippen molar-refractivity contribution in [3.63, 3.8) is 0 Å². The molecule has 0 aliphatic rings. The summed E-state index contributed by atoms with van der Waals surface area (Å²) in [5.41, 5.74) is 0.874. The maximum absolute atomic E-state index is 9.45. The lowest BCUT2D eigenvalue weighted by Gasteiger charge is -2.05. The van der Waals surface area contributed by atoms with E-state index in [9.17, 15) is 5.11 Å². The summed E-state index contributed by atoms with van der Waals surface area (Å²) in [6.45, 7) is 4.59. The van der Waals surface area contributed by atoms with Gasteiger partial charge < -0.3 is 15.2 Å². The molecule has 0 saturated heterocycles. The molecule has 1 atom stereocenters. The van der Waals surface area contributed by atoms with E-state index in [4.69, 9.17) is 4.74 Å². The SMILES string of the molecule is CCC(O)Cn1cc(CNCCOC)nn1. The number of hydrogen-bond donors (Lipinski definition) is 2. The predicted molar refractivity (Wildman–Crippen MR) is 59.9 cm³/mol. The number of ether oxygens (including phenoxy) is 1. The monoisotopic (exact) mass is 228 g/mol. The summed E-state index contributed by atoms with van der Waals surface area (Å²) < 4.78 is 6.58. The second kappa shape index (κ2) is 7.32. The minimum atomic E-state index is -0.351. The van der Waals surface area contributed by atoms with E-state index in [-0.39, 0.29) is 6.10 Å². The molecule has 0 aliphatic heterocycles. The van der Waals surface area contributed by atoms with Crippen LogP contribution in [0.1, 0.15) is 19.0 Å². The minimum Gasteiger partial charge on any atom is -0.391 e. The summed E-state index contributed by atoms with van der Waals surface area (Å²) in [6.07, 6.45) is 2.22. The maximum atomic E-state index is 9.45. The Morgan fingerprint density at radius 3 is 3.12 bits per heavy atom. The van der Waals surface area contributed by atoms with E-state index in [1.54, 1.807) is 11.8 Å². The van der Waals surface area contributed by atoms with Crippen molar-refractivity contribution < 1.29 is 9.84 Å². The molecule has 92 valence electrons. The molecule has 1 rings (SSSR count). The number of nitrogens with one attached hydrogen (secondary N) is 1. The molecule has 0 spiro atoms. The second-order valence-corrected chi connectivity index (χ2v) is 3.66. The van der Waals surface area contributed by atoms with E-state index in [1.165, 1.54) is 0 Å². The van der Waals surface area contributed by atoms with Crippen molar-refractivity contribution in [2.24, 2.45) is 0 Å². The highest BCUT2D eigenvalue weighted by Gasteiger charge is 2.04. The zero-order valence-electron chi connectivity index (χ0n) is 9.89. The van der Waals surface area contributed by atoms with Crippen molar-refractivity contribution in [3.8, 4) is 0 Å². The smallest absolute Gasteiger partial charge is 0.0964 e. The summed E-state index contributed by atoms with van der Waals surface area (Å²) in [5, 5.41) is 20.6. The molecule has 0 aromatic carbocycles. The maximum Gasteiger partial charge on any atom is 0.0964 e. The molecule has 2 N–H and O–H groups in total. The third kappa shape index (κ3) is 4.69. The Morgan fingerprint density at radius 1 is 1.62 bits per heavy atom. The highest BCUT2D eigenvalue weighted by molar-refractivity contribution is 4.91. The molecule has 1 aromatic heterocycles. The van der Waals surface area contributed by atoms with Crippen LogP contribution in [0.3, 0.4) is 0 Å². The van der Waals surface area contributed by atoms with Crippen molar-refractivity contribution in [2.45, 2.75) is 32.5 Å². The lowest BCUT2D eigenvalue weighted by atomic mass is 10.3. The summed E-state index contributed by atoms with van der Waals surface area (Å²) >= 11 is 0. The van der Waals surface area contributed by atoms with Crippen LogP contribution >= 0.6 is 0 Å². The van der Waals surface area contributed by atoms with Gasteiger partial charge in [-0.1, -0.05) is 12.1 Å². The summed E-state index contributed by atoms with van der Waals surface area (Å²) in [7, 11) is 1.67. The van der Waals surface area contributed by atoms with Crippen molar-refractivity contribution in [1.82, 2.24) is 20.3 Å². The third-order valence-corrected chi connectivity index (χ3v) is 2.24. The molecule has 0 bridgehead atoms. The standard InChI is InChI=1S/C10H20N4O2/c1-3-10(15)8-14-7-9(12-13-14)6-11-4-5-16-2/h7,10-11,15H,3-6,8H2,1-2H3. The van der Waals surface area contributed by atoms with Gasteiger partial charge in [0.05, 0.1) is 24.9 Å². The number of aromatic nitrogens is 3. The molecule has 0 fully saturated rings. The average molecular weight is 228 g/mol. The number of aliphatic hydroxyl groups excluding tert-OH is 1. The van der Waals surface area contributed by atoms with E-state index >= 15 is 0 Å². The molecule has 0 amide bonds. The largest absolute Gasteiger partial charge is 0.391 e. The van der Waals surface area contributed by atoms with Crippen molar-refractivity contribution in [2.75, 3.05) is 20.3 Å². The zero-order chi connectivity index (χ0) is 11.8. The molecule has 16 heavy (non-hydrogen) atoms. The Morgan fingerprint density at radius 2 is 2.44 bits per heavy atom. The molecular weight excluding hydrogens is 208 g/mol. The Bertz CT molecular complexity index is 290. The van der Waals surface area contributed by atoms with Crippen LogP contribution in [0.15, 0.2) is 6.20 Å². The van der Waals surface area contributed by atoms with Crippen molar-refractivity contribution in [1.29, 1.82) is 0 Å². The van der Waals surface area contributed by atoms with Gasteiger partial charge in [0.15, 0.2) is 0 Å². The first-order valence-corrected chi connectivity index (χ1v) is 5.53. The molecule has 0 aliphatic carbocycles. The molecule has 6 nitrogen and oxygen atoms in total. The zero-order valence-corrected chi connectivity index (χ0v) is 9.89. The molecule has 1 heterocycles. The van der Waals surface area contributed by atoms with Gasteiger partial charge in [0, 0.05) is 26.4 Å². The van der Waals surface area contributed by atoms with Crippen LogP contribution in [0, 0.1) is 0 Å². The van der Waals surface area contributed by atoms with Crippen LogP contribution in [0.5, 0.6) is 0 Å². The Kier molecular flexibility index (Phi) is 5.99. The Balaban J connectivity index is 2.28. The van der Waals surface area contributed by atoms with Crippen LogP contribution in [-0.2, 0) is 17.8 Å². The number of aliphatic hydroxyl groups is 1. The first-order valence-electron chi connectivity index (χ1n) is 5.53. The van der Waals surface area contributed by atoms with Gasteiger partial charge in [-0.05, 0) is 6.42 Å². The van der Waals surface area contributed by atoms with Gasteiger partial charge in [0.2, 0.25) is 0 Å². The first-order chi connectivity index (χ1) is 7.76. The van der Waals surface area contributed by atoms with Crippen LogP contribution in [-0.4, -0.2) is 46.5 Å². The minimum absolute atomic E-state index is 0.351. The number of rotatable bonds is 8. The highest BCUT2D eigenvalue weighted by atomic mass is 16.5. The second-order valence-electron chi connectivity index (χ2n) is 3.66. The van der Waals surface area contributed by atoms with Gasteiger partial charge in [-0.15, -0.1) is 5.10 Å². The fourth-order valence-corrected chi connectivity index (χ4v) is 1.24. The van der Waals surface area contributed by atoms with Gasteiger partial charge >= 0.3 is 0 Å². The highest BCUT2D eigenvalue weighted by Crippen LogP contribution is 1.97. The number of methoxy groups -OCH3 is 1. The van der Waals surface area contributed by atoms with Gasteiger partial charge in [-0.3, -0.25) is 0 Å². The fraction of sp³-hybridized carbons (Fsp3) is 0.800. The lowest BCUT2D eigenvalue weighted by Crippen LogP contribution is -2.18. The summed E-state index contributed by atoms with van der Waals surface area (Å²) in [4.78, 5) is 0. The molecule has 0 saturated carbocycles. The van der Waals surface area contributed by atoms with Gasteiger partial charge in [0.25, 0.3) is 0 Å². The average Bonchev–Trinajstić information content (AvgIpc) is 2.72. The summed E-state index contributed by atoms with van der Waals surface area (Å²) in [5.74, 6) is 0. The van der Waals surface area contributed by atoms with Crippen LogP contribution in [0.2, 0.25) is 0 Å². The van der Waals surface area contributed by atoms with Crippen LogP contribution in [0.25, 0.3) is 0 Å². The third-order valence-electron chi connectivity index (χ3n) is 2.24. The van der Waals surface area contributed by atoms with E-state index in [2.05, 4.69) is 15.6 Å². The molecule has 1 unspecified atom stereocenters. The Labute approximate surface area is 95.6 Å². The molecule has 6 heteroatoms. The summed E-state index contributed by atoms with van der Waals surface area (Å²) in [6, 6.07) is 0. The topological polar surface area (TPSA) is 72.2 Å². The predicted octanol–water partition coefficient (Wildman–Crippen LogP) is -0.215. The fourth-order valence-electron chi connectivity index (χ4n) is 1.24. The normalized spacial score (nSPS) is 12.9. The molecule has 1 aromatic rings. The van der Waals surface area contributed by atoms with Crippen LogP contribution in [0.4, 0.5) is 0 Å². The molecule has 0 radical (unpaired) electrons. The quantitative estimate of drug-likeness (QED) is 0.602.